The third-order valence-electron chi connectivity index (χ3n) is 5.59. The van der Waals surface area contributed by atoms with Gasteiger partial charge in [-0.3, -0.25) is 14.9 Å². The summed E-state index contributed by atoms with van der Waals surface area (Å²) in [6.07, 6.45) is 1.25. The zero-order chi connectivity index (χ0) is 26.3. The van der Waals surface area contributed by atoms with E-state index in [2.05, 4.69) is 26.5 Å². The van der Waals surface area contributed by atoms with Crippen LogP contribution in [0, 0.1) is 10.1 Å². The molecule has 0 aliphatic heterocycles. The lowest BCUT2D eigenvalue weighted by atomic mass is 9.85. The van der Waals surface area contributed by atoms with Crippen LogP contribution in [-0.4, -0.2) is 22.2 Å². The standard InChI is InChI=1S/C28H22BrN3O5/c29-24-13-11-20(12-14-24)19-37-26-16-15-25(32(35)36)17-21(26)18-30-31-27(33)28(34,22-7-3-1-4-8-22)23-9-5-2-6-10-23/h1-18,34H,19H2,(H,31,33)/b30-18-. The molecule has 0 saturated heterocycles. The Labute approximate surface area is 221 Å². The minimum absolute atomic E-state index is 0.158. The second-order valence-electron chi connectivity index (χ2n) is 8.04. The van der Waals surface area contributed by atoms with E-state index in [0.717, 1.165) is 10.0 Å². The molecule has 0 aliphatic rings. The summed E-state index contributed by atoms with van der Waals surface area (Å²) in [4.78, 5) is 24.0. The van der Waals surface area contributed by atoms with Gasteiger partial charge >= 0.3 is 0 Å². The largest absolute Gasteiger partial charge is 0.488 e. The lowest BCUT2D eigenvalue weighted by molar-refractivity contribution is -0.384. The fourth-order valence-electron chi connectivity index (χ4n) is 3.65. The van der Waals surface area contributed by atoms with E-state index >= 15 is 0 Å². The average molecular weight is 560 g/mol. The zero-order valence-corrected chi connectivity index (χ0v) is 21.0. The smallest absolute Gasteiger partial charge is 0.281 e. The Morgan fingerprint density at radius 2 is 1.57 bits per heavy atom. The number of nitrogens with zero attached hydrogens (tertiary/aromatic N) is 2. The van der Waals surface area contributed by atoms with Gasteiger partial charge in [0.15, 0.2) is 5.60 Å². The maximum atomic E-state index is 13.2. The van der Waals surface area contributed by atoms with E-state index in [1.807, 2.05) is 24.3 Å². The van der Waals surface area contributed by atoms with Crippen LogP contribution >= 0.6 is 15.9 Å². The molecule has 37 heavy (non-hydrogen) atoms. The van der Waals surface area contributed by atoms with Crippen molar-refractivity contribution in [2.45, 2.75) is 12.2 Å². The van der Waals surface area contributed by atoms with Crippen LogP contribution in [0.25, 0.3) is 0 Å². The number of benzene rings is 4. The molecule has 0 unspecified atom stereocenters. The van der Waals surface area contributed by atoms with E-state index in [1.54, 1.807) is 60.7 Å². The number of nitro benzene ring substituents is 1. The molecular formula is C28H22BrN3O5. The van der Waals surface area contributed by atoms with Gasteiger partial charge in [0.1, 0.15) is 12.4 Å². The van der Waals surface area contributed by atoms with E-state index in [4.69, 9.17) is 4.74 Å². The summed E-state index contributed by atoms with van der Waals surface area (Å²) in [5, 5.41) is 26.8. The lowest BCUT2D eigenvalue weighted by Gasteiger charge is -2.27. The van der Waals surface area contributed by atoms with Crippen molar-refractivity contribution in [3.05, 3.63) is 140 Å². The first-order valence-electron chi connectivity index (χ1n) is 11.2. The van der Waals surface area contributed by atoms with Gasteiger partial charge in [-0.25, -0.2) is 5.43 Å². The number of hydrazone groups is 1. The monoisotopic (exact) mass is 559 g/mol. The van der Waals surface area contributed by atoms with Crippen LogP contribution in [0.15, 0.2) is 113 Å². The molecular weight excluding hydrogens is 538 g/mol. The molecule has 186 valence electrons. The quantitative estimate of drug-likeness (QED) is 0.163. The second-order valence-corrected chi connectivity index (χ2v) is 8.95. The summed E-state index contributed by atoms with van der Waals surface area (Å²) in [5.41, 5.74) is 2.12. The second kappa shape index (κ2) is 11.6. The number of aliphatic hydroxyl groups is 1. The first kappa shape index (κ1) is 25.7. The van der Waals surface area contributed by atoms with Gasteiger partial charge in [0.2, 0.25) is 0 Å². The molecule has 0 fully saturated rings. The van der Waals surface area contributed by atoms with Gasteiger partial charge < -0.3 is 9.84 Å². The zero-order valence-electron chi connectivity index (χ0n) is 19.5. The van der Waals surface area contributed by atoms with E-state index in [1.165, 1.54) is 24.4 Å². The number of hydrogen-bond acceptors (Lipinski definition) is 6. The number of carbonyl (C=O) groups excluding carboxylic acids is 1. The first-order valence-corrected chi connectivity index (χ1v) is 12.0. The van der Waals surface area contributed by atoms with Gasteiger partial charge in [0.05, 0.1) is 11.1 Å². The minimum atomic E-state index is -2.01. The molecule has 0 spiro atoms. The van der Waals surface area contributed by atoms with Crippen LogP contribution in [0.3, 0.4) is 0 Å². The molecule has 9 heteroatoms. The van der Waals surface area contributed by atoms with Gasteiger partial charge in [0.25, 0.3) is 11.6 Å². The third kappa shape index (κ3) is 6.08. The molecule has 0 saturated carbocycles. The van der Waals surface area contributed by atoms with Crippen molar-refractivity contribution in [2.24, 2.45) is 5.10 Å². The van der Waals surface area contributed by atoms with Gasteiger partial charge in [-0.1, -0.05) is 88.7 Å². The van der Waals surface area contributed by atoms with Crippen molar-refractivity contribution in [3.63, 3.8) is 0 Å². The van der Waals surface area contributed by atoms with Crippen molar-refractivity contribution in [1.29, 1.82) is 0 Å². The van der Waals surface area contributed by atoms with Gasteiger partial charge in [-0.15, -0.1) is 0 Å². The topological polar surface area (TPSA) is 114 Å². The predicted octanol–water partition coefficient (Wildman–Crippen LogP) is 5.32. The predicted molar refractivity (Wildman–Crippen MR) is 143 cm³/mol. The molecule has 0 atom stereocenters. The highest BCUT2D eigenvalue weighted by Gasteiger charge is 2.39. The molecule has 4 aromatic carbocycles. The molecule has 4 aromatic rings. The number of rotatable bonds is 9. The highest BCUT2D eigenvalue weighted by molar-refractivity contribution is 9.10. The summed E-state index contributed by atoms with van der Waals surface area (Å²) < 4.78 is 6.80. The summed E-state index contributed by atoms with van der Waals surface area (Å²) in [6.45, 7) is 0.222. The fourth-order valence-corrected chi connectivity index (χ4v) is 3.92. The number of ether oxygens (including phenoxy) is 1. The molecule has 0 heterocycles. The van der Waals surface area contributed by atoms with E-state index in [0.29, 0.717) is 16.9 Å². The van der Waals surface area contributed by atoms with Crippen molar-refractivity contribution in [2.75, 3.05) is 0 Å². The Hall–Kier alpha value is -4.34. The Balaban J connectivity index is 1.58. The number of amides is 1. The molecule has 0 aliphatic carbocycles. The van der Waals surface area contributed by atoms with Crippen molar-refractivity contribution < 1.29 is 19.6 Å². The Kier molecular flexibility index (Phi) is 8.07. The maximum Gasteiger partial charge on any atom is 0.281 e. The Morgan fingerprint density at radius 1 is 0.973 bits per heavy atom. The molecule has 8 nitrogen and oxygen atoms in total. The number of nitrogens with one attached hydrogen (secondary N) is 1. The number of carbonyl (C=O) groups is 1. The van der Waals surface area contributed by atoms with E-state index in [9.17, 15) is 20.0 Å². The Morgan fingerprint density at radius 3 is 2.14 bits per heavy atom. The normalized spacial score (nSPS) is 11.3. The molecule has 0 aromatic heterocycles. The van der Waals surface area contributed by atoms with Gasteiger partial charge in [-0.2, -0.15) is 5.10 Å². The third-order valence-corrected chi connectivity index (χ3v) is 6.12. The molecule has 1 amide bonds. The van der Waals surface area contributed by atoms with E-state index in [-0.39, 0.29) is 17.9 Å². The first-order chi connectivity index (χ1) is 17.9. The molecule has 0 radical (unpaired) electrons. The highest BCUT2D eigenvalue weighted by atomic mass is 79.9. The van der Waals surface area contributed by atoms with Crippen molar-refractivity contribution >= 4 is 33.7 Å². The summed E-state index contributed by atoms with van der Waals surface area (Å²) >= 11 is 3.38. The van der Waals surface area contributed by atoms with Crippen LogP contribution in [-0.2, 0) is 17.0 Å². The minimum Gasteiger partial charge on any atom is -0.488 e. The summed E-state index contributed by atoms with van der Waals surface area (Å²) in [7, 11) is 0. The Bertz CT molecular complexity index is 1370. The van der Waals surface area contributed by atoms with Crippen LogP contribution in [0.5, 0.6) is 5.75 Å². The number of hydrogen-bond donors (Lipinski definition) is 2. The van der Waals surface area contributed by atoms with Crippen LogP contribution in [0.4, 0.5) is 5.69 Å². The average Bonchev–Trinajstić information content (AvgIpc) is 2.93. The van der Waals surface area contributed by atoms with Gasteiger partial charge in [0, 0.05) is 22.2 Å². The van der Waals surface area contributed by atoms with Crippen molar-refractivity contribution in [1.82, 2.24) is 5.43 Å². The maximum absolute atomic E-state index is 13.2. The molecule has 4 rings (SSSR count). The van der Waals surface area contributed by atoms with Crippen LogP contribution in [0.2, 0.25) is 0 Å². The number of halogens is 1. The van der Waals surface area contributed by atoms with E-state index < -0.39 is 16.4 Å². The summed E-state index contributed by atoms with van der Waals surface area (Å²) in [5.74, 6) is -0.447. The van der Waals surface area contributed by atoms with Crippen molar-refractivity contribution in [3.8, 4) is 5.75 Å². The molecule has 2 N–H and O–H groups in total. The lowest BCUT2D eigenvalue weighted by Crippen LogP contribution is -2.43. The molecule has 0 bridgehead atoms. The SMILES string of the molecule is O=C(N/N=C\c1cc([N+](=O)[O-])ccc1OCc1ccc(Br)cc1)C(O)(c1ccccc1)c1ccccc1. The highest BCUT2D eigenvalue weighted by Crippen LogP contribution is 2.30. The van der Waals surface area contributed by atoms with Crippen LogP contribution in [0.1, 0.15) is 22.3 Å². The van der Waals surface area contributed by atoms with Gasteiger partial charge in [-0.05, 0) is 34.9 Å². The number of nitro groups is 1. The fraction of sp³-hybridized carbons (Fsp3) is 0.0714. The summed E-state index contributed by atoms with van der Waals surface area (Å²) in [6, 6.07) is 28.7. The number of non-ortho nitro benzene ring substituents is 1. The van der Waals surface area contributed by atoms with Crippen LogP contribution < -0.4 is 10.2 Å².